The van der Waals surface area contributed by atoms with Crippen LogP contribution in [0.5, 0.6) is 0 Å². The second-order valence-corrected chi connectivity index (χ2v) is 4.56. The van der Waals surface area contributed by atoms with Crippen molar-refractivity contribution in [2.45, 2.75) is 19.4 Å². The van der Waals surface area contributed by atoms with E-state index in [1.54, 1.807) is 17.8 Å². The Bertz CT molecular complexity index is 493. The molecule has 90 valence electrons. The minimum absolute atomic E-state index is 0.0720. The zero-order valence-electron chi connectivity index (χ0n) is 9.30. The summed E-state index contributed by atoms with van der Waals surface area (Å²) in [6, 6.07) is -0.0720. The lowest BCUT2D eigenvalue weighted by atomic mass is 10.2. The first-order valence-electron chi connectivity index (χ1n) is 5.13. The average Bonchev–Trinajstić information content (AvgIpc) is 2.89. The molecule has 0 aliphatic carbocycles. The Balaban J connectivity index is 1.89. The molecule has 0 saturated carbocycles. The van der Waals surface area contributed by atoms with E-state index in [9.17, 15) is 4.79 Å². The number of carbonyl (C=O) groups excluding carboxylic acids is 1. The molecule has 0 aliphatic rings. The van der Waals surface area contributed by atoms with Crippen LogP contribution < -0.4 is 11.1 Å². The molecule has 7 heteroatoms. The molecular weight excluding hydrogens is 238 g/mol. The van der Waals surface area contributed by atoms with Crippen LogP contribution in [0, 0.1) is 0 Å². The molecule has 2 heterocycles. The second kappa shape index (κ2) is 4.96. The maximum absolute atomic E-state index is 11.7. The Morgan fingerprint density at radius 2 is 2.53 bits per heavy atom. The predicted octanol–water partition coefficient (Wildman–Crippen LogP) is 0.868. The van der Waals surface area contributed by atoms with Gasteiger partial charge in [0.15, 0.2) is 5.13 Å². The SMILES string of the molecule is CC(NC(=O)Cc1csc(N)n1)c1cn[nH]c1. The van der Waals surface area contributed by atoms with Gasteiger partial charge in [-0.05, 0) is 6.92 Å². The van der Waals surface area contributed by atoms with Crippen LogP contribution in [-0.4, -0.2) is 21.1 Å². The van der Waals surface area contributed by atoms with Crippen molar-refractivity contribution in [2.75, 3.05) is 5.73 Å². The molecule has 6 nitrogen and oxygen atoms in total. The van der Waals surface area contributed by atoms with E-state index in [0.717, 1.165) is 5.56 Å². The van der Waals surface area contributed by atoms with Gasteiger partial charge in [0, 0.05) is 17.1 Å². The number of nitrogens with zero attached hydrogens (tertiary/aromatic N) is 2. The molecule has 0 radical (unpaired) electrons. The molecule has 0 fully saturated rings. The number of hydrogen-bond donors (Lipinski definition) is 3. The lowest BCUT2D eigenvalue weighted by molar-refractivity contribution is -0.121. The second-order valence-electron chi connectivity index (χ2n) is 3.67. The van der Waals surface area contributed by atoms with Gasteiger partial charge in [0.05, 0.1) is 24.4 Å². The fourth-order valence-corrected chi connectivity index (χ4v) is 2.00. The van der Waals surface area contributed by atoms with Crippen LogP contribution in [0.2, 0.25) is 0 Å². The Morgan fingerprint density at radius 1 is 1.71 bits per heavy atom. The highest BCUT2D eigenvalue weighted by Gasteiger charge is 2.12. The average molecular weight is 251 g/mol. The zero-order chi connectivity index (χ0) is 12.3. The van der Waals surface area contributed by atoms with E-state index in [2.05, 4.69) is 20.5 Å². The summed E-state index contributed by atoms with van der Waals surface area (Å²) >= 11 is 1.33. The van der Waals surface area contributed by atoms with Gasteiger partial charge in [0.2, 0.25) is 5.91 Å². The number of thiazole rings is 1. The molecule has 0 aliphatic heterocycles. The quantitative estimate of drug-likeness (QED) is 0.751. The maximum Gasteiger partial charge on any atom is 0.226 e. The molecule has 1 atom stereocenters. The summed E-state index contributed by atoms with van der Waals surface area (Å²) in [7, 11) is 0. The Kier molecular flexibility index (Phi) is 3.38. The third-order valence-electron chi connectivity index (χ3n) is 2.31. The smallest absolute Gasteiger partial charge is 0.226 e. The number of nitrogens with two attached hydrogens (primary N) is 1. The molecule has 0 spiro atoms. The van der Waals surface area contributed by atoms with Gasteiger partial charge in [-0.15, -0.1) is 11.3 Å². The summed E-state index contributed by atoms with van der Waals surface area (Å²) in [4.78, 5) is 15.7. The fourth-order valence-electron chi connectivity index (χ4n) is 1.44. The van der Waals surface area contributed by atoms with Gasteiger partial charge in [-0.25, -0.2) is 4.98 Å². The van der Waals surface area contributed by atoms with Crippen LogP contribution in [0.4, 0.5) is 5.13 Å². The number of aromatic amines is 1. The summed E-state index contributed by atoms with van der Waals surface area (Å²) in [5, 5.41) is 11.7. The summed E-state index contributed by atoms with van der Waals surface area (Å²) in [5.74, 6) is -0.0796. The molecule has 2 aromatic rings. The standard InChI is InChI=1S/C10H13N5OS/c1-6(7-3-12-13-4-7)14-9(16)2-8-5-17-10(11)15-8/h3-6H,2H2,1H3,(H2,11,15)(H,12,13)(H,14,16). The van der Waals surface area contributed by atoms with Gasteiger partial charge in [0.1, 0.15) is 0 Å². The number of carbonyl (C=O) groups is 1. The number of aromatic nitrogens is 3. The first-order valence-corrected chi connectivity index (χ1v) is 6.01. The number of anilines is 1. The highest BCUT2D eigenvalue weighted by Crippen LogP contribution is 2.13. The molecule has 4 N–H and O–H groups in total. The molecule has 1 unspecified atom stereocenters. The minimum Gasteiger partial charge on any atom is -0.375 e. The van der Waals surface area contributed by atoms with Crippen LogP contribution in [0.25, 0.3) is 0 Å². The van der Waals surface area contributed by atoms with Crippen LogP contribution >= 0.6 is 11.3 Å². The molecule has 1 amide bonds. The van der Waals surface area contributed by atoms with Gasteiger partial charge >= 0.3 is 0 Å². The van der Waals surface area contributed by atoms with Gasteiger partial charge in [-0.3, -0.25) is 9.89 Å². The topological polar surface area (TPSA) is 96.7 Å². The van der Waals surface area contributed by atoms with E-state index in [4.69, 9.17) is 5.73 Å². The predicted molar refractivity (Wildman–Crippen MR) is 65.4 cm³/mol. The monoisotopic (exact) mass is 251 g/mol. The van der Waals surface area contributed by atoms with Crippen LogP contribution in [0.15, 0.2) is 17.8 Å². The molecule has 0 bridgehead atoms. The van der Waals surface area contributed by atoms with E-state index in [1.807, 2.05) is 6.92 Å². The number of nitrogens with one attached hydrogen (secondary N) is 2. The Labute approximate surface area is 102 Å². The van der Waals surface area contributed by atoms with Crippen molar-refractivity contribution in [2.24, 2.45) is 0 Å². The lowest BCUT2D eigenvalue weighted by Gasteiger charge is -2.11. The van der Waals surface area contributed by atoms with Gasteiger partial charge in [0.25, 0.3) is 0 Å². The normalized spacial score (nSPS) is 12.3. The lowest BCUT2D eigenvalue weighted by Crippen LogP contribution is -2.28. The summed E-state index contributed by atoms with van der Waals surface area (Å²) in [6.45, 7) is 1.90. The molecular formula is C10H13N5OS. The Hall–Kier alpha value is -1.89. The van der Waals surface area contributed by atoms with Crippen molar-refractivity contribution in [1.29, 1.82) is 0 Å². The van der Waals surface area contributed by atoms with Crippen molar-refractivity contribution in [3.63, 3.8) is 0 Å². The van der Waals surface area contributed by atoms with E-state index < -0.39 is 0 Å². The third-order valence-corrected chi connectivity index (χ3v) is 3.03. The maximum atomic E-state index is 11.7. The molecule has 17 heavy (non-hydrogen) atoms. The molecule has 2 rings (SSSR count). The van der Waals surface area contributed by atoms with Crippen LogP contribution in [0.1, 0.15) is 24.2 Å². The molecule has 0 saturated heterocycles. The van der Waals surface area contributed by atoms with Crippen molar-refractivity contribution in [3.8, 4) is 0 Å². The molecule has 0 aromatic carbocycles. The van der Waals surface area contributed by atoms with Gasteiger partial charge in [-0.2, -0.15) is 5.10 Å². The van der Waals surface area contributed by atoms with E-state index in [0.29, 0.717) is 10.8 Å². The number of nitrogen functional groups attached to an aromatic ring is 1. The third kappa shape index (κ3) is 3.04. The number of amides is 1. The highest BCUT2D eigenvalue weighted by atomic mass is 32.1. The van der Waals surface area contributed by atoms with Crippen molar-refractivity contribution >= 4 is 22.4 Å². The molecule has 2 aromatic heterocycles. The van der Waals surface area contributed by atoms with E-state index in [1.165, 1.54) is 11.3 Å². The van der Waals surface area contributed by atoms with Gasteiger partial charge < -0.3 is 11.1 Å². The number of H-pyrrole nitrogens is 1. The summed E-state index contributed by atoms with van der Waals surface area (Å²) < 4.78 is 0. The van der Waals surface area contributed by atoms with Crippen LogP contribution in [0.3, 0.4) is 0 Å². The van der Waals surface area contributed by atoms with Crippen molar-refractivity contribution < 1.29 is 4.79 Å². The minimum atomic E-state index is -0.0796. The van der Waals surface area contributed by atoms with Crippen LogP contribution in [-0.2, 0) is 11.2 Å². The Morgan fingerprint density at radius 3 is 3.12 bits per heavy atom. The van der Waals surface area contributed by atoms with Crippen molar-refractivity contribution in [1.82, 2.24) is 20.5 Å². The first-order chi connectivity index (χ1) is 8.15. The van der Waals surface area contributed by atoms with E-state index in [-0.39, 0.29) is 18.4 Å². The largest absolute Gasteiger partial charge is 0.375 e. The summed E-state index contributed by atoms with van der Waals surface area (Å²) in [5.41, 5.74) is 7.14. The fraction of sp³-hybridized carbons (Fsp3) is 0.300. The zero-order valence-corrected chi connectivity index (χ0v) is 10.1. The number of rotatable bonds is 4. The first kappa shape index (κ1) is 11.6. The highest BCUT2D eigenvalue weighted by molar-refractivity contribution is 7.13. The van der Waals surface area contributed by atoms with E-state index >= 15 is 0 Å². The summed E-state index contributed by atoms with van der Waals surface area (Å²) in [6.07, 6.45) is 3.69. The number of hydrogen-bond acceptors (Lipinski definition) is 5. The van der Waals surface area contributed by atoms with Crippen molar-refractivity contribution in [3.05, 3.63) is 29.0 Å². The van der Waals surface area contributed by atoms with Gasteiger partial charge in [-0.1, -0.05) is 0 Å².